The highest BCUT2D eigenvalue weighted by molar-refractivity contribution is 6.00. The van der Waals surface area contributed by atoms with Crippen LogP contribution in [0.25, 0.3) is 11.0 Å². The van der Waals surface area contributed by atoms with Crippen molar-refractivity contribution in [1.29, 1.82) is 0 Å². The number of carbonyl (C=O) groups excluding carboxylic acids is 1. The number of amides is 1. The molecule has 1 amide bonds. The van der Waals surface area contributed by atoms with Crippen molar-refractivity contribution in [2.45, 2.75) is 12.5 Å². The van der Waals surface area contributed by atoms with Crippen LogP contribution in [0.3, 0.4) is 0 Å². The molecule has 1 aromatic carbocycles. The van der Waals surface area contributed by atoms with Crippen molar-refractivity contribution < 1.29 is 13.9 Å². The maximum atomic E-state index is 12.0. The first kappa shape index (κ1) is 12.2. The lowest BCUT2D eigenvalue weighted by Crippen LogP contribution is -2.43. The Morgan fingerprint density at radius 1 is 1.42 bits per heavy atom. The number of ether oxygens (including phenoxy) is 1. The molecule has 0 spiro atoms. The Balaban J connectivity index is 1.65. The highest BCUT2D eigenvalue weighted by Crippen LogP contribution is 2.25. The number of anilines is 1. The van der Waals surface area contributed by atoms with Gasteiger partial charge in [0.2, 0.25) is 5.91 Å². The molecule has 1 saturated heterocycles. The van der Waals surface area contributed by atoms with Gasteiger partial charge in [-0.1, -0.05) is 12.1 Å². The van der Waals surface area contributed by atoms with Crippen LogP contribution < -0.4 is 10.6 Å². The summed E-state index contributed by atoms with van der Waals surface area (Å²) in [6, 6.07) is 7.72. The monoisotopic (exact) mass is 260 g/mol. The predicted octanol–water partition coefficient (Wildman–Crippen LogP) is 1.75. The molecule has 2 aromatic rings. The molecule has 1 atom stereocenters. The zero-order valence-electron chi connectivity index (χ0n) is 10.5. The van der Waals surface area contributed by atoms with Gasteiger partial charge < -0.3 is 19.8 Å². The van der Waals surface area contributed by atoms with Crippen molar-refractivity contribution in [1.82, 2.24) is 5.32 Å². The van der Waals surface area contributed by atoms with E-state index in [0.29, 0.717) is 19.6 Å². The molecule has 1 unspecified atom stereocenters. The Labute approximate surface area is 110 Å². The molecule has 0 radical (unpaired) electrons. The smallest absolute Gasteiger partial charge is 0.226 e. The molecule has 2 heterocycles. The van der Waals surface area contributed by atoms with Crippen LogP contribution >= 0.6 is 0 Å². The number of hydrogen-bond donors (Lipinski definition) is 2. The zero-order chi connectivity index (χ0) is 13.1. The summed E-state index contributed by atoms with van der Waals surface area (Å²) in [4.78, 5) is 12.0. The lowest BCUT2D eigenvalue weighted by molar-refractivity contribution is -0.117. The molecule has 5 heteroatoms. The fourth-order valence-electron chi connectivity index (χ4n) is 2.25. The summed E-state index contributed by atoms with van der Waals surface area (Å²) in [5, 5.41) is 7.06. The molecule has 1 aromatic heterocycles. The van der Waals surface area contributed by atoms with E-state index in [4.69, 9.17) is 9.15 Å². The highest BCUT2D eigenvalue weighted by Gasteiger charge is 2.17. The first-order valence-electron chi connectivity index (χ1n) is 6.40. The Morgan fingerprint density at radius 3 is 3.16 bits per heavy atom. The topological polar surface area (TPSA) is 63.5 Å². The number of benzene rings is 1. The van der Waals surface area contributed by atoms with Gasteiger partial charge in [-0.2, -0.15) is 0 Å². The minimum Gasteiger partial charge on any atom is -0.462 e. The molecular formula is C14H16N2O3. The van der Waals surface area contributed by atoms with Gasteiger partial charge in [0.25, 0.3) is 0 Å². The van der Waals surface area contributed by atoms with Crippen LogP contribution in [-0.2, 0) is 9.53 Å². The molecule has 0 aliphatic carbocycles. The van der Waals surface area contributed by atoms with Gasteiger partial charge in [0.05, 0.1) is 18.9 Å². The highest BCUT2D eigenvalue weighted by atomic mass is 16.5. The minimum atomic E-state index is -0.0328. The molecule has 5 nitrogen and oxygen atoms in total. The summed E-state index contributed by atoms with van der Waals surface area (Å²) >= 11 is 0. The van der Waals surface area contributed by atoms with E-state index >= 15 is 0 Å². The van der Waals surface area contributed by atoms with Gasteiger partial charge in [-0.25, -0.2) is 0 Å². The van der Waals surface area contributed by atoms with E-state index in [2.05, 4.69) is 10.6 Å². The van der Waals surface area contributed by atoms with E-state index in [9.17, 15) is 4.79 Å². The summed E-state index contributed by atoms with van der Waals surface area (Å²) in [7, 11) is 0. The lowest BCUT2D eigenvalue weighted by atomic mass is 10.2. The number of para-hydroxylation sites is 1. The summed E-state index contributed by atoms with van der Waals surface area (Å²) in [5.41, 5.74) is 1.49. The van der Waals surface area contributed by atoms with Crippen LogP contribution in [0.15, 0.2) is 34.9 Å². The Kier molecular flexibility index (Phi) is 3.48. The Hall–Kier alpha value is -1.85. The van der Waals surface area contributed by atoms with Crippen LogP contribution in [0.1, 0.15) is 6.42 Å². The zero-order valence-corrected chi connectivity index (χ0v) is 10.5. The van der Waals surface area contributed by atoms with Gasteiger partial charge in [-0.3, -0.25) is 4.79 Å². The van der Waals surface area contributed by atoms with E-state index < -0.39 is 0 Å². The SMILES string of the molecule is O=C(CC1COCCN1)Nc1coc2ccccc12. The van der Waals surface area contributed by atoms with Gasteiger partial charge in [-0.15, -0.1) is 0 Å². The average Bonchev–Trinajstić information content (AvgIpc) is 2.83. The van der Waals surface area contributed by atoms with Gasteiger partial charge in [0.1, 0.15) is 11.8 Å². The predicted molar refractivity (Wildman–Crippen MR) is 72.1 cm³/mol. The van der Waals surface area contributed by atoms with Gasteiger partial charge in [0, 0.05) is 24.4 Å². The van der Waals surface area contributed by atoms with Crippen LogP contribution in [0.4, 0.5) is 5.69 Å². The maximum absolute atomic E-state index is 12.0. The number of nitrogens with one attached hydrogen (secondary N) is 2. The van der Waals surface area contributed by atoms with Crippen LogP contribution in [0.5, 0.6) is 0 Å². The third-order valence-corrected chi connectivity index (χ3v) is 3.19. The van der Waals surface area contributed by atoms with Crippen LogP contribution in [0, 0.1) is 0 Å². The fourth-order valence-corrected chi connectivity index (χ4v) is 2.25. The number of morpholine rings is 1. The summed E-state index contributed by atoms with van der Waals surface area (Å²) in [5.74, 6) is -0.0328. The number of hydrogen-bond acceptors (Lipinski definition) is 4. The quantitative estimate of drug-likeness (QED) is 0.882. The van der Waals surface area contributed by atoms with E-state index in [-0.39, 0.29) is 11.9 Å². The second-order valence-corrected chi connectivity index (χ2v) is 4.62. The molecule has 100 valence electrons. The molecule has 1 fully saturated rings. The van der Waals surface area contributed by atoms with Gasteiger partial charge >= 0.3 is 0 Å². The number of carbonyl (C=O) groups is 1. The van der Waals surface area contributed by atoms with Crippen molar-refractivity contribution in [2.24, 2.45) is 0 Å². The maximum Gasteiger partial charge on any atom is 0.226 e. The Bertz CT molecular complexity index is 573. The third-order valence-electron chi connectivity index (χ3n) is 3.19. The third kappa shape index (κ3) is 2.77. The molecule has 19 heavy (non-hydrogen) atoms. The molecule has 1 aliphatic heterocycles. The molecule has 0 bridgehead atoms. The Morgan fingerprint density at radius 2 is 2.32 bits per heavy atom. The fraction of sp³-hybridized carbons (Fsp3) is 0.357. The van der Waals surface area contributed by atoms with Crippen molar-refractivity contribution in [3.8, 4) is 0 Å². The summed E-state index contributed by atoms with van der Waals surface area (Å²) in [6.45, 7) is 2.09. The second-order valence-electron chi connectivity index (χ2n) is 4.62. The van der Waals surface area contributed by atoms with Crippen molar-refractivity contribution in [3.63, 3.8) is 0 Å². The number of rotatable bonds is 3. The van der Waals surface area contributed by atoms with Crippen LogP contribution in [-0.4, -0.2) is 31.7 Å². The molecular weight excluding hydrogens is 244 g/mol. The molecule has 3 rings (SSSR count). The van der Waals surface area contributed by atoms with Crippen LogP contribution in [0.2, 0.25) is 0 Å². The largest absolute Gasteiger partial charge is 0.462 e. The van der Waals surface area contributed by atoms with E-state index in [1.165, 1.54) is 0 Å². The lowest BCUT2D eigenvalue weighted by Gasteiger charge is -2.23. The summed E-state index contributed by atoms with van der Waals surface area (Å²) < 4.78 is 10.7. The van der Waals surface area contributed by atoms with Gasteiger partial charge in [0.15, 0.2) is 0 Å². The normalized spacial score (nSPS) is 19.5. The van der Waals surface area contributed by atoms with E-state index in [1.54, 1.807) is 6.26 Å². The number of furan rings is 1. The standard InChI is InChI=1S/C14H16N2O3/c17-14(7-10-8-18-6-5-15-10)16-12-9-19-13-4-2-1-3-11(12)13/h1-4,9-10,15H,5-8H2,(H,16,17). The van der Waals surface area contributed by atoms with Gasteiger partial charge in [-0.05, 0) is 12.1 Å². The average molecular weight is 260 g/mol. The minimum absolute atomic E-state index is 0.0328. The van der Waals surface area contributed by atoms with Crippen molar-refractivity contribution >= 4 is 22.6 Å². The van der Waals surface area contributed by atoms with Crippen molar-refractivity contribution in [3.05, 3.63) is 30.5 Å². The molecule has 0 saturated carbocycles. The molecule has 1 aliphatic rings. The number of fused-ring (bicyclic) bond motifs is 1. The summed E-state index contributed by atoms with van der Waals surface area (Å²) in [6.07, 6.45) is 1.98. The van der Waals surface area contributed by atoms with Crippen molar-refractivity contribution in [2.75, 3.05) is 25.1 Å². The molecule has 2 N–H and O–H groups in total. The van der Waals surface area contributed by atoms with E-state index in [1.807, 2.05) is 24.3 Å². The first-order valence-corrected chi connectivity index (χ1v) is 6.40. The van der Waals surface area contributed by atoms with E-state index in [0.717, 1.165) is 23.2 Å². The second kappa shape index (κ2) is 5.42. The first-order chi connectivity index (χ1) is 9.33.